The normalized spacial score (nSPS) is 11.2. The largest absolute Gasteiger partial charge is 0.337 e. The molecule has 0 atom stereocenters. The van der Waals surface area contributed by atoms with Crippen LogP contribution in [-0.4, -0.2) is 33.3 Å². The molecule has 0 radical (unpaired) electrons. The van der Waals surface area contributed by atoms with Crippen molar-refractivity contribution in [2.45, 2.75) is 18.4 Å². The Morgan fingerprint density at radius 2 is 1.57 bits per heavy atom. The lowest BCUT2D eigenvalue weighted by Crippen LogP contribution is -2.28. The minimum Gasteiger partial charge on any atom is -0.337 e. The number of benzene rings is 3. The number of hydrogen-bond acceptors (Lipinski definition) is 3. The van der Waals surface area contributed by atoms with Crippen molar-refractivity contribution in [1.82, 2.24) is 4.90 Å². The van der Waals surface area contributed by atoms with Crippen molar-refractivity contribution in [3.63, 3.8) is 0 Å². The van der Waals surface area contributed by atoms with Gasteiger partial charge in [0.1, 0.15) is 0 Å². The molecule has 5 nitrogen and oxygen atoms in total. The number of carbonyl (C=O) groups excluding carboxylic acids is 1. The van der Waals surface area contributed by atoms with Crippen LogP contribution in [0.3, 0.4) is 0 Å². The number of sulfonamides is 1. The zero-order valence-electron chi connectivity index (χ0n) is 17.0. The first-order valence-corrected chi connectivity index (χ1v) is 11.2. The van der Waals surface area contributed by atoms with Crippen LogP contribution in [0.2, 0.25) is 5.02 Å². The predicted molar refractivity (Wildman–Crippen MR) is 120 cm³/mol. The van der Waals surface area contributed by atoms with Crippen LogP contribution in [0.5, 0.6) is 0 Å². The highest BCUT2D eigenvalue weighted by Crippen LogP contribution is 2.26. The number of rotatable bonds is 6. The van der Waals surface area contributed by atoms with Gasteiger partial charge in [0.2, 0.25) is 0 Å². The molecule has 7 heteroatoms. The highest BCUT2D eigenvalue weighted by molar-refractivity contribution is 7.92. The molecular formula is C23H23ClN2O3S. The molecule has 0 saturated carbocycles. The second-order valence-corrected chi connectivity index (χ2v) is 9.48. The number of aryl methyl sites for hydroxylation is 1. The van der Waals surface area contributed by atoms with Crippen LogP contribution in [0, 0.1) is 6.92 Å². The number of nitrogens with zero attached hydrogens (tertiary/aromatic N) is 2. The maximum Gasteiger partial charge on any atom is 0.264 e. The highest BCUT2D eigenvalue weighted by atomic mass is 35.5. The van der Waals surface area contributed by atoms with Crippen LogP contribution in [0.25, 0.3) is 0 Å². The van der Waals surface area contributed by atoms with Gasteiger partial charge in [0.15, 0.2) is 0 Å². The SMILES string of the molecule is Cc1cc(C(=O)N(C)Cc2ccc(Cl)cc2)ccc1N(C)S(=O)(=O)c1ccccc1. The molecule has 0 aliphatic rings. The Morgan fingerprint density at radius 1 is 0.933 bits per heavy atom. The van der Waals surface area contributed by atoms with Gasteiger partial charge < -0.3 is 4.90 Å². The molecule has 0 aliphatic heterocycles. The Bertz CT molecular complexity index is 1150. The first-order chi connectivity index (χ1) is 14.2. The molecule has 0 heterocycles. The number of anilines is 1. The average Bonchev–Trinajstić information content (AvgIpc) is 2.74. The molecule has 0 N–H and O–H groups in total. The zero-order valence-corrected chi connectivity index (χ0v) is 18.6. The lowest BCUT2D eigenvalue weighted by atomic mass is 10.1. The molecular weight excluding hydrogens is 420 g/mol. The van der Waals surface area contributed by atoms with Crippen molar-refractivity contribution in [2.75, 3.05) is 18.4 Å². The van der Waals surface area contributed by atoms with Crippen molar-refractivity contribution in [3.8, 4) is 0 Å². The molecule has 0 aromatic heterocycles. The first kappa shape index (κ1) is 21.9. The topological polar surface area (TPSA) is 57.7 Å². The molecule has 3 aromatic carbocycles. The average molecular weight is 443 g/mol. The summed E-state index contributed by atoms with van der Waals surface area (Å²) >= 11 is 5.91. The summed E-state index contributed by atoms with van der Waals surface area (Å²) in [6.45, 7) is 2.24. The molecule has 0 spiro atoms. The number of carbonyl (C=O) groups is 1. The monoisotopic (exact) mass is 442 g/mol. The number of hydrogen-bond donors (Lipinski definition) is 0. The molecule has 0 bridgehead atoms. The Balaban J connectivity index is 1.80. The summed E-state index contributed by atoms with van der Waals surface area (Å²) < 4.78 is 27.0. The molecule has 156 valence electrons. The van der Waals surface area contributed by atoms with Gasteiger partial charge in [-0.2, -0.15) is 0 Å². The van der Waals surface area contributed by atoms with E-state index in [0.717, 1.165) is 5.56 Å². The van der Waals surface area contributed by atoms with Crippen LogP contribution < -0.4 is 4.31 Å². The van der Waals surface area contributed by atoms with Crippen LogP contribution in [0.15, 0.2) is 77.7 Å². The minimum absolute atomic E-state index is 0.145. The Morgan fingerprint density at radius 3 is 2.17 bits per heavy atom. The van der Waals surface area contributed by atoms with Gasteiger partial charge in [-0.3, -0.25) is 9.10 Å². The summed E-state index contributed by atoms with van der Waals surface area (Å²) in [5, 5.41) is 0.647. The number of halogens is 1. The van der Waals surface area contributed by atoms with E-state index in [0.29, 0.717) is 28.4 Å². The van der Waals surface area contributed by atoms with Crippen LogP contribution in [-0.2, 0) is 16.6 Å². The van der Waals surface area contributed by atoms with E-state index >= 15 is 0 Å². The quantitative estimate of drug-likeness (QED) is 0.553. The summed E-state index contributed by atoms with van der Waals surface area (Å²) in [6, 6.07) is 20.6. The van der Waals surface area contributed by atoms with E-state index in [1.807, 2.05) is 12.1 Å². The van der Waals surface area contributed by atoms with Gasteiger partial charge in [0.05, 0.1) is 10.6 Å². The van der Waals surface area contributed by atoms with Crippen molar-refractivity contribution < 1.29 is 13.2 Å². The fraction of sp³-hybridized carbons (Fsp3) is 0.174. The van der Waals surface area contributed by atoms with E-state index in [-0.39, 0.29) is 10.8 Å². The predicted octanol–water partition coefficient (Wildman–Crippen LogP) is 4.75. The van der Waals surface area contributed by atoms with Crippen molar-refractivity contribution in [1.29, 1.82) is 0 Å². The molecule has 0 fully saturated rings. The third kappa shape index (κ3) is 4.66. The number of amides is 1. The van der Waals surface area contributed by atoms with Gasteiger partial charge in [-0.25, -0.2) is 8.42 Å². The molecule has 0 unspecified atom stereocenters. The van der Waals surface area contributed by atoms with E-state index in [4.69, 9.17) is 11.6 Å². The summed E-state index contributed by atoms with van der Waals surface area (Å²) in [4.78, 5) is 14.7. The van der Waals surface area contributed by atoms with E-state index in [1.165, 1.54) is 11.4 Å². The third-order valence-electron chi connectivity index (χ3n) is 4.86. The Labute approximate surface area is 182 Å². The highest BCUT2D eigenvalue weighted by Gasteiger charge is 2.23. The third-order valence-corrected chi connectivity index (χ3v) is 6.90. The van der Waals surface area contributed by atoms with Gasteiger partial charge in [0.25, 0.3) is 15.9 Å². The lowest BCUT2D eigenvalue weighted by Gasteiger charge is -2.23. The second kappa shape index (κ2) is 8.90. The molecule has 1 amide bonds. The summed E-state index contributed by atoms with van der Waals surface area (Å²) in [5.74, 6) is -0.145. The molecule has 3 rings (SSSR count). The minimum atomic E-state index is -3.68. The Hall–Kier alpha value is -2.83. The van der Waals surface area contributed by atoms with Gasteiger partial charge in [-0.1, -0.05) is 41.9 Å². The van der Waals surface area contributed by atoms with Gasteiger partial charge in [0, 0.05) is 31.2 Å². The molecule has 0 aliphatic carbocycles. The molecule has 3 aromatic rings. The van der Waals surface area contributed by atoms with E-state index in [2.05, 4.69) is 0 Å². The van der Waals surface area contributed by atoms with Gasteiger partial charge in [-0.15, -0.1) is 0 Å². The second-order valence-electron chi connectivity index (χ2n) is 7.07. The van der Waals surface area contributed by atoms with Crippen molar-refractivity contribution >= 4 is 33.2 Å². The van der Waals surface area contributed by atoms with Crippen molar-refractivity contribution in [3.05, 3.63) is 94.5 Å². The summed E-state index contributed by atoms with van der Waals surface area (Å²) in [5.41, 5.74) is 2.69. The lowest BCUT2D eigenvalue weighted by molar-refractivity contribution is 0.0785. The summed E-state index contributed by atoms with van der Waals surface area (Å²) in [7, 11) is -0.440. The molecule has 30 heavy (non-hydrogen) atoms. The van der Waals surface area contributed by atoms with Gasteiger partial charge >= 0.3 is 0 Å². The standard InChI is InChI=1S/C23H23ClN2O3S/c1-17-15-19(23(27)25(2)16-18-9-12-20(24)13-10-18)11-14-22(17)26(3)30(28,29)21-7-5-4-6-8-21/h4-15H,16H2,1-3H3. The van der Waals surface area contributed by atoms with Gasteiger partial charge in [-0.05, 0) is 60.5 Å². The van der Waals surface area contributed by atoms with Crippen LogP contribution in [0.4, 0.5) is 5.69 Å². The van der Waals surface area contributed by atoms with Crippen molar-refractivity contribution in [2.24, 2.45) is 0 Å². The fourth-order valence-electron chi connectivity index (χ4n) is 3.18. The molecule has 0 saturated heterocycles. The Kier molecular flexibility index (Phi) is 6.48. The van der Waals surface area contributed by atoms with E-state index in [1.54, 1.807) is 79.5 Å². The fourth-order valence-corrected chi connectivity index (χ4v) is 4.58. The van der Waals surface area contributed by atoms with Crippen LogP contribution >= 0.6 is 11.6 Å². The summed E-state index contributed by atoms with van der Waals surface area (Å²) in [6.07, 6.45) is 0. The smallest absolute Gasteiger partial charge is 0.264 e. The maximum absolute atomic E-state index is 12.9. The zero-order chi connectivity index (χ0) is 21.9. The van der Waals surface area contributed by atoms with E-state index in [9.17, 15) is 13.2 Å². The van der Waals surface area contributed by atoms with Crippen LogP contribution in [0.1, 0.15) is 21.5 Å². The first-order valence-electron chi connectivity index (χ1n) is 9.34. The van der Waals surface area contributed by atoms with E-state index < -0.39 is 10.0 Å². The maximum atomic E-state index is 12.9.